The summed E-state index contributed by atoms with van der Waals surface area (Å²) >= 11 is 0. The molecule has 1 aromatic heterocycles. The van der Waals surface area contributed by atoms with Gasteiger partial charge in [0.1, 0.15) is 5.75 Å². The average Bonchev–Trinajstić information content (AvgIpc) is 2.90. The molecule has 0 radical (unpaired) electrons. The third-order valence-corrected chi connectivity index (χ3v) is 6.40. The van der Waals surface area contributed by atoms with E-state index in [9.17, 15) is 26.3 Å². The van der Waals surface area contributed by atoms with Gasteiger partial charge in [-0.25, -0.2) is 9.97 Å². The largest absolute Gasteiger partial charge is 0.473 e. The Hall–Kier alpha value is -2.36. The van der Waals surface area contributed by atoms with E-state index >= 15 is 0 Å². The van der Waals surface area contributed by atoms with Crippen molar-refractivity contribution in [1.82, 2.24) is 9.97 Å². The van der Waals surface area contributed by atoms with Crippen molar-refractivity contribution in [3.8, 4) is 17.1 Å². The van der Waals surface area contributed by atoms with Gasteiger partial charge in [-0.1, -0.05) is 78.1 Å². The second kappa shape index (κ2) is 16.0. The SMILES string of the molecule is CCCCCCCCOC(F)(F)C(F)(F)C(F)(F)Oc1ccc(-c2ncc(CCCCCCCC)cn2)cc1. The lowest BCUT2D eigenvalue weighted by Crippen LogP contribution is -2.58. The molecule has 0 aliphatic heterocycles. The van der Waals surface area contributed by atoms with E-state index in [0.717, 1.165) is 62.6 Å². The highest BCUT2D eigenvalue weighted by Gasteiger charge is 2.75. The van der Waals surface area contributed by atoms with E-state index < -0.39 is 30.5 Å². The summed E-state index contributed by atoms with van der Waals surface area (Å²) in [4.78, 5) is 8.55. The predicted molar refractivity (Wildman–Crippen MR) is 139 cm³/mol. The zero-order valence-electron chi connectivity index (χ0n) is 22.8. The second-order valence-electron chi connectivity index (χ2n) is 9.78. The van der Waals surface area contributed by atoms with Crippen molar-refractivity contribution in [1.29, 1.82) is 0 Å². The summed E-state index contributed by atoms with van der Waals surface area (Å²) in [5.41, 5.74) is 1.40. The number of nitrogens with zero attached hydrogens (tertiary/aromatic N) is 2. The number of aryl methyl sites for hydroxylation is 1. The Morgan fingerprint density at radius 2 is 1.15 bits per heavy atom. The van der Waals surface area contributed by atoms with Crippen LogP contribution in [0.3, 0.4) is 0 Å². The average molecular weight is 563 g/mol. The molecule has 0 saturated heterocycles. The van der Waals surface area contributed by atoms with Gasteiger partial charge in [-0.2, -0.15) is 26.3 Å². The van der Waals surface area contributed by atoms with E-state index in [0.29, 0.717) is 17.8 Å². The molecular formula is C29H40F6N2O2. The number of aromatic nitrogens is 2. The van der Waals surface area contributed by atoms with Gasteiger partial charge in [-0.05, 0) is 49.1 Å². The summed E-state index contributed by atoms with van der Waals surface area (Å²) in [6.07, 6.45) is 4.38. The van der Waals surface area contributed by atoms with Crippen LogP contribution in [0.1, 0.15) is 96.5 Å². The van der Waals surface area contributed by atoms with Crippen LogP contribution in [-0.2, 0) is 11.2 Å². The number of ether oxygens (including phenoxy) is 2. The second-order valence-corrected chi connectivity index (χ2v) is 9.78. The minimum atomic E-state index is -5.89. The van der Waals surface area contributed by atoms with Crippen LogP contribution in [-0.4, -0.2) is 34.7 Å². The normalized spacial score (nSPS) is 12.6. The Balaban J connectivity index is 1.90. The van der Waals surface area contributed by atoms with Gasteiger partial charge in [0.2, 0.25) is 0 Å². The molecule has 0 atom stereocenters. The van der Waals surface area contributed by atoms with E-state index in [-0.39, 0.29) is 6.42 Å². The van der Waals surface area contributed by atoms with Crippen LogP contribution in [0.2, 0.25) is 0 Å². The minimum absolute atomic E-state index is 0.0609. The van der Waals surface area contributed by atoms with Gasteiger partial charge in [-0.15, -0.1) is 0 Å². The number of alkyl halides is 6. The summed E-state index contributed by atoms with van der Waals surface area (Å²) < 4.78 is 92.5. The molecule has 0 N–H and O–H groups in total. The van der Waals surface area contributed by atoms with Crippen molar-refractivity contribution < 1.29 is 35.8 Å². The van der Waals surface area contributed by atoms with Gasteiger partial charge in [0.25, 0.3) is 0 Å². The molecule has 0 spiro atoms. The molecule has 0 aliphatic rings. The van der Waals surface area contributed by atoms with E-state index in [4.69, 9.17) is 0 Å². The molecule has 39 heavy (non-hydrogen) atoms. The zero-order valence-corrected chi connectivity index (χ0v) is 22.8. The number of unbranched alkanes of at least 4 members (excludes halogenated alkanes) is 10. The Morgan fingerprint density at radius 3 is 1.72 bits per heavy atom. The van der Waals surface area contributed by atoms with Gasteiger partial charge >= 0.3 is 18.1 Å². The Bertz CT molecular complexity index is 940. The van der Waals surface area contributed by atoms with Crippen LogP contribution >= 0.6 is 0 Å². The van der Waals surface area contributed by atoms with Crippen LogP contribution in [0, 0.1) is 0 Å². The van der Waals surface area contributed by atoms with Crippen molar-refractivity contribution in [2.24, 2.45) is 0 Å². The number of rotatable bonds is 20. The van der Waals surface area contributed by atoms with E-state index in [1.54, 1.807) is 12.4 Å². The molecule has 0 unspecified atom stereocenters. The first kappa shape index (κ1) is 32.8. The molecule has 1 aromatic carbocycles. The smallest absolute Gasteiger partial charge is 0.428 e. The summed E-state index contributed by atoms with van der Waals surface area (Å²) in [7, 11) is 0. The lowest BCUT2D eigenvalue weighted by Gasteiger charge is -2.31. The highest BCUT2D eigenvalue weighted by atomic mass is 19.4. The van der Waals surface area contributed by atoms with Crippen LogP contribution in [0.15, 0.2) is 36.7 Å². The fourth-order valence-corrected chi connectivity index (χ4v) is 3.97. The lowest BCUT2D eigenvalue weighted by molar-refractivity contribution is -0.434. The molecule has 1 heterocycles. The quantitative estimate of drug-likeness (QED) is 0.119. The fourth-order valence-electron chi connectivity index (χ4n) is 3.97. The standard InChI is InChI=1S/C29H40F6N2O2/c1-3-5-7-9-11-13-15-23-21-36-26(37-22-23)24-16-18-25(19-17-24)39-29(34,35)27(30,31)28(32,33)38-20-14-12-10-8-6-4-2/h16-19,21-22H,3-15,20H2,1-2H3. The monoisotopic (exact) mass is 562 g/mol. The minimum Gasteiger partial charge on any atom is -0.428 e. The van der Waals surface area contributed by atoms with E-state index in [1.165, 1.54) is 37.8 Å². The molecule has 4 nitrogen and oxygen atoms in total. The molecule has 0 bridgehead atoms. The molecule has 0 aliphatic carbocycles. The maximum atomic E-state index is 14.2. The van der Waals surface area contributed by atoms with Crippen molar-refractivity contribution in [3.05, 3.63) is 42.2 Å². The molecule has 2 rings (SSSR count). The molecular weight excluding hydrogens is 522 g/mol. The van der Waals surface area contributed by atoms with E-state index in [1.807, 2.05) is 6.92 Å². The third-order valence-electron chi connectivity index (χ3n) is 6.40. The van der Waals surface area contributed by atoms with Crippen LogP contribution in [0.4, 0.5) is 26.3 Å². The first-order valence-corrected chi connectivity index (χ1v) is 13.9. The topological polar surface area (TPSA) is 44.2 Å². The van der Waals surface area contributed by atoms with Crippen molar-refractivity contribution in [2.45, 2.75) is 115 Å². The van der Waals surface area contributed by atoms with Gasteiger partial charge in [0.05, 0.1) is 6.61 Å². The van der Waals surface area contributed by atoms with Gasteiger partial charge in [0, 0.05) is 18.0 Å². The predicted octanol–water partition coefficient (Wildman–Crippen LogP) is 9.62. The number of hydrogen-bond donors (Lipinski definition) is 0. The van der Waals surface area contributed by atoms with Crippen molar-refractivity contribution >= 4 is 0 Å². The maximum absolute atomic E-state index is 14.2. The fraction of sp³-hybridized carbons (Fsp3) is 0.655. The van der Waals surface area contributed by atoms with Gasteiger partial charge in [-0.3, -0.25) is 0 Å². The van der Waals surface area contributed by atoms with Crippen LogP contribution in [0.5, 0.6) is 5.75 Å². The summed E-state index contributed by atoms with van der Waals surface area (Å²) in [5.74, 6) is -6.30. The molecule has 0 amide bonds. The third kappa shape index (κ3) is 10.3. The zero-order chi connectivity index (χ0) is 28.8. The van der Waals surface area contributed by atoms with Crippen molar-refractivity contribution in [2.75, 3.05) is 6.61 Å². The molecule has 0 fully saturated rings. The highest BCUT2D eigenvalue weighted by molar-refractivity contribution is 5.55. The van der Waals surface area contributed by atoms with Crippen LogP contribution in [0.25, 0.3) is 11.4 Å². The van der Waals surface area contributed by atoms with Crippen molar-refractivity contribution in [3.63, 3.8) is 0 Å². The first-order valence-electron chi connectivity index (χ1n) is 13.9. The Morgan fingerprint density at radius 1 is 0.641 bits per heavy atom. The summed E-state index contributed by atoms with van der Waals surface area (Å²) in [5, 5.41) is 0. The summed E-state index contributed by atoms with van der Waals surface area (Å²) in [6, 6.07) is 4.53. The van der Waals surface area contributed by atoms with Gasteiger partial charge < -0.3 is 9.47 Å². The van der Waals surface area contributed by atoms with Gasteiger partial charge in [0.15, 0.2) is 5.82 Å². The number of hydrogen-bond acceptors (Lipinski definition) is 4. The number of halogens is 6. The van der Waals surface area contributed by atoms with E-state index in [2.05, 4.69) is 26.4 Å². The molecule has 220 valence electrons. The Kier molecular flexibility index (Phi) is 13.5. The highest BCUT2D eigenvalue weighted by Crippen LogP contribution is 2.47. The number of benzene rings is 1. The molecule has 2 aromatic rings. The maximum Gasteiger partial charge on any atom is 0.473 e. The first-order chi connectivity index (χ1) is 18.5. The lowest BCUT2D eigenvalue weighted by atomic mass is 10.1. The molecule has 10 heteroatoms. The summed E-state index contributed by atoms with van der Waals surface area (Å²) in [6.45, 7) is 3.41. The molecule has 0 saturated carbocycles. The Labute approximate surface area is 227 Å². The van der Waals surface area contributed by atoms with Crippen LogP contribution < -0.4 is 4.74 Å².